The minimum absolute atomic E-state index is 0.00700. The molecule has 0 unspecified atom stereocenters. The van der Waals surface area contributed by atoms with Gasteiger partial charge in [-0.05, 0) is 25.0 Å². The number of benzene rings is 1. The quantitative estimate of drug-likeness (QED) is 0.916. The van der Waals surface area contributed by atoms with Gasteiger partial charge in [-0.25, -0.2) is 4.68 Å². The number of fused-ring (bicyclic) bond motifs is 1. The monoisotopic (exact) mass is 331 g/mol. The molecule has 0 aliphatic carbocycles. The highest BCUT2D eigenvalue weighted by Gasteiger charge is 2.29. The van der Waals surface area contributed by atoms with Crippen molar-refractivity contribution in [2.24, 2.45) is 5.92 Å². The molecule has 5 nitrogen and oxygen atoms in total. The van der Waals surface area contributed by atoms with E-state index in [1.165, 1.54) is 0 Å². The van der Waals surface area contributed by atoms with Gasteiger partial charge in [-0.1, -0.05) is 32.0 Å². The van der Waals surface area contributed by atoms with Crippen LogP contribution in [0.15, 0.2) is 30.3 Å². The fraction of sp³-hybridized carbons (Fsp3) is 0.412. The number of hydrogen-bond acceptors (Lipinski definition) is 3. The number of anilines is 1. The van der Waals surface area contributed by atoms with E-state index in [1.54, 1.807) is 4.68 Å². The first-order valence-corrected chi connectivity index (χ1v) is 9.44. The van der Waals surface area contributed by atoms with E-state index in [0.717, 1.165) is 29.8 Å². The van der Waals surface area contributed by atoms with E-state index >= 15 is 0 Å². The molecule has 0 fully saturated rings. The Morgan fingerprint density at radius 2 is 1.96 bits per heavy atom. The number of carbonyl (C=O) groups is 1. The molecular weight excluding hydrogens is 310 g/mol. The van der Waals surface area contributed by atoms with Crippen molar-refractivity contribution >= 4 is 22.5 Å². The zero-order valence-electron chi connectivity index (χ0n) is 13.4. The molecule has 1 aromatic heterocycles. The second kappa shape index (κ2) is 6.66. The Bertz CT molecular complexity index is 736. The first kappa shape index (κ1) is 15.9. The maximum absolute atomic E-state index is 12.5. The molecule has 0 bridgehead atoms. The molecule has 3 rings (SSSR count). The summed E-state index contributed by atoms with van der Waals surface area (Å²) in [6.45, 7) is 4.03. The number of rotatable bonds is 5. The second-order valence-electron chi connectivity index (χ2n) is 5.75. The normalized spacial score (nSPS) is 16.6. The lowest BCUT2D eigenvalue weighted by atomic mass is 10.0. The largest absolute Gasteiger partial charge is 0.310 e. The average Bonchev–Trinajstić information content (AvgIpc) is 3.07. The van der Waals surface area contributed by atoms with Gasteiger partial charge in [0.25, 0.3) is 0 Å². The Morgan fingerprint density at radius 3 is 2.61 bits per heavy atom. The number of carbonyl (C=O) groups excluding carboxylic acids is 1. The fourth-order valence-corrected chi connectivity index (χ4v) is 4.15. The minimum Gasteiger partial charge on any atom is -0.310 e. The topological polar surface area (TPSA) is 64.0 Å². The molecule has 1 atom stereocenters. The lowest BCUT2D eigenvalue weighted by molar-refractivity contribution is -0.120. The van der Waals surface area contributed by atoms with Crippen molar-refractivity contribution in [2.75, 3.05) is 5.32 Å². The van der Waals surface area contributed by atoms with Gasteiger partial charge >= 0.3 is 0 Å². The number of nitrogens with one attached hydrogen (secondary N) is 1. The summed E-state index contributed by atoms with van der Waals surface area (Å²) >= 11 is 0. The highest BCUT2D eigenvalue weighted by Crippen LogP contribution is 2.31. The number of nitrogens with zero attached hydrogens (tertiary/aromatic N) is 2. The first-order chi connectivity index (χ1) is 11.1. The van der Waals surface area contributed by atoms with Crippen LogP contribution in [-0.4, -0.2) is 19.9 Å². The lowest BCUT2D eigenvalue weighted by Gasteiger charge is -2.15. The van der Waals surface area contributed by atoms with Gasteiger partial charge < -0.3 is 5.32 Å². The Morgan fingerprint density at radius 1 is 1.26 bits per heavy atom. The molecule has 0 saturated carbocycles. The minimum atomic E-state index is -0.919. The summed E-state index contributed by atoms with van der Waals surface area (Å²) < 4.78 is 13.6. The standard InChI is InChI=1S/C17H21N3O2S/c1-3-12(4-2)17(21)18-16-14-10-23(22)11-15(14)19-20(16)13-8-6-5-7-9-13/h5-9,12H,3-4,10-11H2,1-2H3,(H,18,21)/t23-/m1/s1. The van der Waals surface area contributed by atoms with Crippen LogP contribution in [0.1, 0.15) is 37.9 Å². The molecule has 6 heteroatoms. The smallest absolute Gasteiger partial charge is 0.228 e. The zero-order chi connectivity index (χ0) is 16.4. The van der Waals surface area contributed by atoms with Gasteiger partial charge in [-0.2, -0.15) is 5.10 Å². The summed E-state index contributed by atoms with van der Waals surface area (Å²) in [5, 5.41) is 7.62. The van der Waals surface area contributed by atoms with Crippen LogP contribution in [0.3, 0.4) is 0 Å². The molecule has 2 heterocycles. The Kier molecular flexibility index (Phi) is 4.61. The molecule has 1 N–H and O–H groups in total. The number of para-hydroxylation sites is 1. The SMILES string of the molecule is CCC(CC)C(=O)Nc1c2c(nn1-c1ccccc1)C[S@](=O)C2. The molecule has 1 aromatic carbocycles. The van der Waals surface area contributed by atoms with Gasteiger partial charge in [0.2, 0.25) is 5.91 Å². The third-order valence-electron chi connectivity index (χ3n) is 4.27. The molecule has 1 aliphatic heterocycles. The Labute approximate surface area is 138 Å². The van der Waals surface area contributed by atoms with Crippen molar-refractivity contribution in [2.45, 2.75) is 38.2 Å². The predicted octanol–water partition coefficient (Wildman–Crippen LogP) is 3.01. The van der Waals surface area contributed by atoms with Crippen LogP contribution in [0.25, 0.3) is 5.69 Å². The Hall–Kier alpha value is -1.95. The highest BCUT2D eigenvalue weighted by molar-refractivity contribution is 7.83. The van der Waals surface area contributed by atoms with Crippen molar-refractivity contribution < 1.29 is 9.00 Å². The van der Waals surface area contributed by atoms with Gasteiger partial charge in [-0.15, -0.1) is 0 Å². The number of aromatic nitrogens is 2. The van der Waals surface area contributed by atoms with Crippen molar-refractivity contribution in [1.29, 1.82) is 0 Å². The molecule has 0 spiro atoms. The zero-order valence-corrected chi connectivity index (χ0v) is 14.2. The van der Waals surface area contributed by atoms with Crippen LogP contribution >= 0.6 is 0 Å². The number of hydrogen-bond donors (Lipinski definition) is 1. The number of amides is 1. The van der Waals surface area contributed by atoms with E-state index in [2.05, 4.69) is 10.4 Å². The maximum Gasteiger partial charge on any atom is 0.228 e. The summed E-state index contributed by atoms with van der Waals surface area (Å²) in [5.41, 5.74) is 2.63. The maximum atomic E-state index is 12.5. The van der Waals surface area contributed by atoms with Crippen LogP contribution < -0.4 is 5.32 Å². The van der Waals surface area contributed by atoms with E-state index in [1.807, 2.05) is 44.2 Å². The van der Waals surface area contributed by atoms with E-state index in [-0.39, 0.29) is 11.8 Å². The average molecular weight is 331 g/mol. The van der Waals surface area contributed by atoms with E-state index < -0.39 is 10.8 Å². The van der Waals surface area contributed by atoms with Gasteiger partial charge in [0, 0.05) is 22.3 Å². The molecule has 0 saturated heterocycles. The van der Waals surface area contributed by atoms with Crippen molar-refractivity contribution in [3.63, 3.8) is 0 Å². The second-order valence-corrected chi connectivity index (χ2v) is 7.21. The first-order valence-electron chi connectivity index (χ1n) is 7.96. The summed E-state index contributed by atoms with van der Waals surface area (Å²) in [7, 11) is -0.919. The van der Waals surface area contributed by atoms with E-state index in [0.29, 0.717) is 17.3 Å². The molecule has 1 aliphatic rings. The van der Waals surface area contributed by atoms with E-state index in [9.17, 15) is 9.00 Å². The van der Waals surface area contributed by atoms with Crippen LogP contribution in [-0.2, 0) is 27.1 Å². The molecule has 23 heavy (non-hydrogen) atoms. The van der Waals surface area contributed by atoms with Crippen molar-refractivity contribution in [3.05, 3.63) is 41.6 Å². The predicted molar refractivity (Wildman–Crippen MR) is 91.8 cm³/mol. The van der Waals surface area contributed by atoms with Crippen LogP contribution in [0.5, 0.6) is 0 Å². The van der Waals surface area contributed by atoms with Crippen LogP contribution in [0.4, 0.5) is 5.82 Å². The third kappa shape index (κ3) is 3.08. The molecular formula is C17H21N3O2S. The molecule has 0 radical (unpaired) electrons. The van der Waals surface area contributed by atoms with Gasteiger partial charge in [0.1, 0.15) is 5.82 Å². The lowest BCUT2D eigenvalue weighted by Crippen LogP contribution is -2.24. The van der Waals surface area contributed by atoms with E-state index in [4.69, 9.17) is 0 Å². The van der Waals surface area contributed by atoms with Gasteiger partial charge in [-0.3, -0.25) is 9.00 Å². The highest BCUT2D eigenvalue weighted by atomic mass is 32.2. The summed E-state index contributed by atoms with van der Waals surface area (Å²) in [6, 6.07) is 9.72. The summed E-state index contributed by atoms with van der Waals surface area (Å²) in [5.74, 6) is 1.59. The molecule has 1 amide bonds. The van der Waals surface area contributed by atoms with Crippen molar-refractivity contribution in [3.8, 4) is 5.69 Å². The van der Waals surface area contributed by atoms with Crippen molar-refractivity contribution in [1.82, 2.24) is 9.78 Å². The molecule has 122 valence electrons. The van der Waals surface area contributed by atoms with Gasteiger partial charge in [0.05, 0.1) is 22.9 Å². The Balaban J connectivity index is 2.00. The third-order valence-corrected chi connectivity index (χ3v) is 5.47. The molecule has 2 aromatic rings. The van der Waals surface area contributed by atoms with Crippen LogP contribution in [0, 0.1) is 5.92 Å². The van der Waals surface area contributed by atoms with Gasteiger partial charge in [0.15, 0.2) is 0 Å². The van der Waals surface area contributed by atoms with Crippen LogP contribution in [0.2, 0.25) is 0 Å². The summed E-state index contributed by atoms with van der Waals surface area (Å²) in [6.07, 6.45) is 1.60. The fourth-order valence-electron chi connectivity index (χ4n) is 2.89. The summed E-state index contributed by atoms with van der Waals surface area (Å²) in [4.78, 5) is 12.5.